The Kier molecular flexibility index (Phi) is 4.93. The molecule has 1 aromatic carbocycles. The lowest BCUT2D eigenvalue weighted by molar-refractivity contribution is 0.00386. The summed E-state index contributed by atoms with van der Waals surface area (Å²) in [5.41, 5.74) is 1.25. The maximum Gasteiger partial charge on any atom is 0.270 e. The van der Waals surface area contributed by atoms with Crippen LogP contribution >= 0.6 is 0 Å². The molecule has 0 unspecified atom stereocenters. The molecule has 2 aromatic rings. The maximum atomic E-state index is 13.2. The number of ether oxygens (including phenoxy) is 1. The molecule has 5 nitrogen and oxygen atoms in total. The molecule has 124 valence electrons. The molecule has 1 saturated heterocycles. The van der Waals surface area contributed by atoms with Gasteiger partial charge in [0.05, 0.1) is 6.10 Å². The van der Waals surface area contributed by atoms with Gasteiger partial charge < -0.3 is 19.7 Å². The average molecular weight is 320 g/mol. The first-order valence-corrected chi connectivity index (χ1v) is 7.97. The van der Waals surface area contributed by atoms with E-state index in [4.69, 9.17) is 9.84 Å². The van der Waals surface area contributed by atoms with Gasteiger partial charge in [-0.05, 0) is 43.5 Å². The third-order valence-electron chi connectivity index (χ3n) is 4.20. The lowest BCUT2D eigenvalue weighted by atomic mass is 10.1. The largest absolute Gasteiger partial charge is 0.396 e. The van der Waals surface area contributed by atoms with Crippen LogP contribution in [0.5, 0.6) is 0 Å². The molecule has 1 aromatic heterocycles. The van der Waals surface area contributed by atoms with Crippen molar-refractivity contribution < 1.29 is 19.0 Å². The van der Waals surface area contributed by atoms with Gasteiger partial charge in [-0.1, -0.05) is 0 Å². The minimum absolute atomic E-state index is 0.0598. The molecule has 2 heterocycles. The molecule has 1 aliphatic heterocycles. The van der Waals surface area contributed by atoms with Crippen LogP contribution in [0, 0.1) is 5.82 Å². The Labute approximate surface area is 134 Å². The van der Waals surface area contributed by atoms with Gasteiger partial charge in [0.15, 0.2) is 0 Å². The Balaban J connectivity index is 1.60. The second kappa shape index (κ2) is 7.10. The van der Waals surface area contributed by atoms with E-state index in [1.54, 1.807) is 17.0 Å². The standard InChI is InChI=1S/C17H21FN2O3/c18-13-2-3-15-12(10-13)11-16(19-15)17(22)20-6-4-14(5-7-20)23-9-1-8-21/h2-3,10-11,14,19,21H,1,4-9H2. The Morgan fingerprint density at radius 3 is 2.87 bits per heavy atom. The Hall–Kier alpha value is -1.92. The number of likely N-dealkylation sites (tertiary alicyclic amines) is 1. The van der Waals surface area contributed by atoms with E-state index in [0.717, 1.165) is 18.4 Å². The number of aromatic amines is 1. The number of hydrogen-bond donors (Lipinski definition) is 2. The van der Waals surface area contributed by atoms with Crippen LogP contribution in [0.4, 0.5) is 4.39 Å². The number of H-pyrrole nitrogens is 1. The summed E-state index contributed by atoms with van der Waals surface area (Å²) in [6.45, 7) is 1.99. The third-order valence-corrected chi connectivity index (χ3v) is 4.20. The van der Waals surface area contributed by atoms with Crippen molar-refractivity contribution in [1.82, 2.24) is 9.88 Å². The molecule has 0 radical (unpaired) electrons. The van der Waals surface area contributed by atoms with Crippen molar-refractivity contribution in [3.05, 3.63) is 35.8 Å². The molecule has 1 aliphatic rings. The first kappa shape index (κ1) is 16.0. The number of piperidine rings is 1. The number of carbonyl (C=O) groups is 1. The molecule has 0 aliphatic carbocycles. The van der Waals surface area contributed by atoms with Crippen LogP contribution in [-0.2, 0) is 4.74 Å². The molecule has 3 rings (SSSR count). The van der Waals surface area contributed by atoms with Gasteiger partial charge in [0.25, 0.3) is 5.91 Å². The maximum absolute atomic E-state index is 13.2. The summed E-state index contributed by atoms with van der Waals surface area (Å²) in [6.07, 6.45) is 2.39. The minimum atomic E-state index is -0.309. The van der Waals surface area contributed by atoms with Crippen LogP contribution in [-0.4, -0.2) is 53.3 Å². The predicted octanol–water partition coefficient (Wildman–Crippen LogP) is 2.31. The number of aliphatic hydroxyl groups is 1. The highest BCUT2D eigenvalue weighted by atomic mass is 19.1. The summed E-state index contributed by atoms with van der Waals surface area (Å²) in [6, 6.07) is 6.14. The van der Waals surface area contributed by atoms with Gasteiger partial charge in [0, 0.05) is 37.2 Å². The van der Waals surface area contributed by atoms with Gasteiger partial charge in [-0.3, -0.25) is 4.79 Å². The van der Waals surface area contributed by atoms with Crippen molar-refractivity contribution in [2.75, 3.05) is 26.3 Å². The van der Waals surface area contributed by atoms with Crippen molar-refractivity contribution in [2.24, 2.45) is 0 Å². The first-order chi connectivity index (χ1) is 11.2. The van der Waals surface area contributed by atoms with E-state index in [1.807, 2.05) is 0 Å². The lowest BCUT2D eigenvalue weighted by Gasteiger charge is -2.31. The van der Waals surface area contributed by atoms with E-state index in [1.165, 1.54) is 12.1 Å². The van der Waals surface area contributed by atoms with Gasteiger partial charge in [-0.2, -0.15) is 0 Å². The Morgan fingerprint density at radius 1 is 1.35 bits per heavy atom. The Bertz CT molecular complexity index is 678. The van der Waals surface area contributed by atoms with Gasteiger partial charge >= 0.3 is 0 Å². The summed E-state index contributed by atoms with van der Waals surface area (Å²) < 4.78 is 18.9. The fourth-order valence-corrected chi connectivity index (χ4v) is 2.93. The van der Waals surface area contributed by atoms with Crippen molar-refractivity contribution in [2.45, 2.75) is 25.4 Å². The highest BCUT2D eigenvalue weighted by molar-refractivity contribution is 5.98. The van der Waals surface area contributed by atoms with Crippen LogP contribution in [0.3, 0.4) is 0 Å². The molecule has 2 N–H and O–H groups in total. The molecular formula is C17H21FN2O3. The molecule has 1 fully saturated rings. The molecule has 6 heteroatoms. The van der Waals surface area contributed by atoms with Crippen LogP contribution in [0.1, 0.15) is 29.8 Å². The number of nitrogens with zero attached hydrogens (tertiary/aromatic N) is 1. The summed E-state index contributed by atoms with van der Waals surface area (Å²) in [7, 11) is 0. The van der Waals surface area contributed by atoms with Gasteiger partial charge in [-0.15, -0.1) is 0 Å². The third kappa shape index (κ3) is 3.71. The number of nitrogens with one attached hydrogen (secondary N) is 1. The number of halogens is 1. The summed E-state index contributed by atoms with van der Waals surface area (Å²) >= 11 is 0. The second-order valence-electron chi connectivity index (χ2n) is 5.85. The minimum Gasteiger partial charge on any atom is -0.396 e. The molecule has 23 heavy (non-hydrogen) atoms. The normalized spacial score (nSPS) is 16.2. The van der Waals surface area contributed by atoms with Crippen LogP contribution in [0.15, 0.2) is 24.3 Å². The number of fused-ring (bicyclic) bond motifs is 1. The van der Waals surface area contributed by atoms with Crippen LogP contribution in [0.2, 0.25) is 0 Å². The van der Waals surface area contributed by atoms with E-state index < -0.39 is 0 Å². The van der Waals surface area contributed by atoms with E-state index in [-0.39, 0.29) is 24.4 Å². The van der Waals surface area contributed by atoms with E-state index in [2.05, 4.69) is 4.98 Å². The van der Waals surface area contributed by atoms with Gasteiger partial charge in [0.2, 0.25) is 0 Å². The highest BCUT2D eigenvalue weighted by Crippen LogP contribution is 2.20. The number of aromatic nitrogens is 1. The fourth-order valence-electron chi connectivity index (χ4n) is 2.93. The first-order valence-electron chi connectivity index (χ1n) is 7.97. The number of hydrogen-bond acceptors (Lipinski definition) is 3. The van der Waals surface area contributed by atoms with E-state index in [9.17, 15) is 9.18 Å². The van der Waals surface area contributed by atoms with Crippen molar-refractivity contribution in [3.63, 3.8) is 0 Å². The summed E-state index contributed by atoms with van der Waals surface area (Å²) in [4.78, 5) is 17.4. The second-order valence-corrected chi connectivity index (χ2v) is 5.85. The van der Waals surface area contributed by atoms with Gasteiger partial charge in [0.1, 0.15) is 11.5 Å². The van der Waals surface area contributed by atoms with Crippen LogP contribution < -0.4 is 0 Å². The van der Waals surface area contributed by atoms with Crippen LogP contribution in [0.25, 0.3) is 10.9 Å². The topological polar surface area (TPSA) is 65.6 Å². The molecule has 1 amide bonds. The zero-order valence-corrected chi connectivity index (χ0v) is 12.9. The highest BCUT2D eigenvalue weighted by Gasteiger charge is 2.24. The smallest absolute Gasteiger partial charge is 0.270 e. The molecule has 0 saturated carbocycles. The molecule has 0 bridgehead atoms. The average Bonchev–Trinajstić information content (AvgIpc) is 2.98. The number of carbonyl (C=O) groups excluding carboxylic acids is 1. The van der Waals surface area contributed by atoms with Crippen molar-refractivity contribution in [1.29, 1.82) is 0 Å². The number of aliphatic hydroxyl groups excluding tert-OH is 1. The molecule has 0 spiro atoms. The van der Waals surface area contributed by atoms with Crippen molar-refractivity contribution >= 4 is 16.8 Å². The quantitative estimate of drug-likeness (QED) is 0.831. The predicted molar refractivity (Wildman–Crippen MR) is 84.8 cm³/mol. The van der Waals surface area contributed by atoms with Gasteiger partial charge in [-0.25, -0.2) is 4.39 Å². The number of rotatable bonds is 5. The zero-order chi connectivity index (χ0) is 16.2. The molecular weight excluding hydrogens is 299 g/mol. The number of amides is 1. The lowest BCUT2D eigenvalue weighted by Crippen LogP contribution is -2.41. The molecule has 0 atom stereocenters. The summed E-state index contributed by atoms with van der Waals surface area (Å²) in [5, 5.41) is 9.46. The number of benzene rings is 1. The zero-order valence-electron chi connectivity index (χ0n) is 12.9. The SMILES string of the molecule is O=C(c1cc2cc(F)ccc2[nH]1)N1CCC(OCCCO)CC1. The van der Waals surface area contributed by atoms with E-state index in [0.29, 0.717) is 37.2 Å². The monoisotopic (exact) mass is 320 g/mol. The summed E-state index contributed by atoms with van der Waals surface area (Å²) in [5.74, 6) is -0.369. The van der Waals surface area contributed by atoms with E-state index >= 15 is 0 Å². The fraction of sp³-hybridized carbons (Fsp3) is 0.471. The Morgan fingerprint density at radius 2 is 2.13 bits per heavy atom. The van der Waals surface area contributed by atoms with Crippen molar-refractivity contribution in [3.8, 4) is 0 Å².